The van der Waals surface area contributed by atoms with Gasteiger partial charge in [0.25, 0.3) is 5.69 Å². The molecule has 0 bridgehead atoms. The van der Waals surface area contributed by atoms with Gasteiger partial charge in [0.1, 0.15) is 0 Å². The lowest BCUT2D eigenvalue weighted by atomic mass is 9.59. The Balaban J connectivity index is 2.10. The van der Waals surface area contributed by atoms with Crippen molar-refractivity contribution in [2.24, 2.45) is 22.2 Å². The monoisotopic (exact) mass is 325 g/mol. The number of benzene rings is 1. The van der Waals surface area contributed by atoms with Crippen LogP contribution in [0.15, 0.2) is 42.0 Å². The molecule has 0 aliphatic heterocycles. The molecule has 1 aromatic carbocycles. The lowest BCUT2D eigenvalue weighted by molar-refractivity contribution is -0.385. The van der Waals surface area contributed by atoms with Gasteiger partial charge in [0.05, 0.1) is 10.5 Å². The van der Waals surface area contributed by atoms with Crippen LogP contribution in [0.3, 0.4) is 0 Å². The third kappa shape index (κ3) is 2.03. The van der Waals surface area contributed by atoms with Crippen LogP contribution in [0.4, 0.5) is 5.69 Å². The van der Waals surface area contributed by atoms with Crippen LogP contribution >= 0.6 is 0 Å². The zero-order chi connectivity index (χ0) is 17.9. The molecule has 1 aromatic rings. The van der Waals surface area contributed by atoms with Crippen molar-refractivity contribution in [1.82, 2.24) is 0 Å². The number of hydrogen-bond acceptors (Lipinski definition) is 2. The van der Waals surface area contributed by atoms with Crippen molar-refractivity contribution in [3.8, 4) is 0 Å². The molecule has 24 heavy (non-hydrogen) atoms. The Morgan fingerprint density at radius 1 is 1.04 bits per heavy atom. The van der Waals surface area contributed by atoms with E-state index in [1.54, 1.807) is 12.1 Å². The number of allylic oxidation sites excluding steroid dienone is 4. The molecule has 0 spiro atoms. The van der Waals surface area contributed by atoms with E-state index in [0.717, 1.165) is 17.6 Å². The maximum atomic E-state index is 11.4. The number of nitro benzene ring substituents is 1. The molecule has 0 saturated heterocycles. The van der Waals surface area contributed by atoms with E-state index in [9.17, 15) is 10.1 Å². The van der Waals surface area contributed by atoms with Gasteiger partial charge in [0.15, 0.2) is 0 Å². The van der Waals surface area contributed by atoms with E-state index in [4.69, 9.17) is 0 Å². The number of nitrogens with zero attached hydrogens (tertiary/aromatic N) is 1. The van der Waals surface area contributed by atoms with Crippen molar-refractivity contribution in [2.75, 3.05) is 0 Å². The molecule has 2 aliphatic carbocycles. The highest BCUT2D eigenvalue weighted by molar-refractivity contribution is 5.76. The molecule has 0 aromatic heterocycles. The van der Waals surface area contributed by atoms with Crippen LogP contribution in [0.2, 0.25) is 0 Å². The Morgan fingerprint density at radius 2 is 1.67 bits per heavy atom. The van der Waals surface area contributed by atoms with Crippen LogP contribution in [0, 0.1) is 32.3 Å². The third-order valence-electron chi connectivity index (χ3n) is 7.48. The number of nitro groups is 1. The largest absolute Gasteiger partial charge is 0.276 e. The van der Waals surface area contributed by atoms with Crippen LogP contribution in [-0.2, 0) is 0 Å². The highest BCUT2D eigenvalue weighted by Gasteiger charge is 2.61. The van der Waals surface area contributed by atoms with Crippen molar-refractivity contribution in [3.63, 3.8) is 0 Å². The van der Waals surface area contributed by atoms with E-state index in [2.05, 4.69) is 53.7 Å². The Bertz CT molecular complexity index is 766. The minimum absolute atomic E-state index is 0.117. The quantitative estimate of drug-likeness (QED) is 0.493. The van der Waals surface area contributed by atoms with Gasteiger partial charge < -0.3 is 0 Å². The first-order chi connectivity index (χ1) is 11.0. The van der Waals surface area contributed by atoms with E-state index in [-0.39, 0.29) is 26.9 Å². The van der Waals surface area contributed by atoms with Gasteiger partial charge >= 0.3 is 0 Å². The summed E-state index contributed by atoms with van der Waals surface area (Å²) in [5.74, 6) is 0.419. The van der Waals surface area contributed by atoms with E-state index in [0.29, 0.717) is 5.92 Å². The van der Waals surface area contributed by atoms with Crippen molar-refractivity contribution >= 4 is 11.3 Å². The fourth-order valence-corrected chi connectivity index (χ4v) is 4.70. The molecule has 1 atom stereocenters. The average molecular weight is 325 g/mol. The second-order valence-corrected chi connectivity index (χ2v) is 8.82. The molecule has 3 heteroatoms. The van der Waals surface area contributed by atoms with Crippen LogP contribution in [0.25, 0.3) is 5.57 Å². The number of para-hydroxylation sites is 1. The van der Waals surface area contributed by atoms with Gasteiger partial charge in [-0.3, -0.25) is 10.1 Å². The molecule has 1 fully saturated rings. The zero-order valence-electron chi connectivity index (χ0n) is 15.5. The average Bonchev–Trinajstić information content (AvgIpc) is 2.63. The lowest BCUT2D eigenvalue weighted by Crippen LogP contribution is -2.38. The van der Waals surface area contributed by atoms with E-state index in [1.807, 2.05) is 12.1 Å². The maximum Gasteiger partial charge on any atom is 0.276 e. The molecule has 0 radical (unpaired) electrons. The topological polar surface area (TPSA) is 43.1 Å². The Hall–Kier alpha value is -1.90. The number of fused-ring (bicyclic) bond motifs is 1. The first kappa shape index (κ1) is 16.9. The summed E-state index contributed by atoms with van der Waals surface area (Å²) in [7, 11) is 0. The normalized spacial score (nSPS) is 26.3. The van der Waals surface area contributed by atoms with Gasteiger partial charge in [-0.1, -0.05) is 71.4 Å². The van der Waals surface area contributed by atoms with E-state index < -0.39 is 0 Å². The van der Waals surface area contributed by atoms with Crippen molar-refractivity contribution in [3.05, 3.63) is 57.7 Å². The third-order valence-corrected chi connectivity index (χ3v) is 7.48. The van der Waals surface area contributed by atoms with Gasteiger partial charge in [-0.2, -0.15) is 0 Å². The summed E-state index contributed by atoms with van der Waals surface area (Å²) in [4.78, 5) is 11.1. The summed E-state index contributed by atoms with van der Waals surface area (Å²) in [6.07, 6.45) is 5.21. The maximum absolute atomic E-state index is 11.4. The van der Waals surface area contributed by atoms with Gasteiger partial charge in [-0.15, -0.1) is 0 Å². The van der Waals surface area contributed by atoms with Gasteiger partial charge in [0, 0.05) is 6.07 Å². The van der Waals surface area contributed by atoms with Crippen LogP contribution in [0.5, 0.6) is 0 Å². The van der Waals surface area contributed by atoms with Crippen LogP contribution in [0.1, 0.15) is 53.5 Å². The molecular weight excluding hydrogens is 298 g/mol. The summed E-state index contributed by atoms with van der Waals surface area (Å²) in [6, 6.07) is 7.10. The Morgan fingerprint density at radius 3 is 2.29 bits per heavy atom. The fourth-order valence-electron chi connectivity index (χ4n) is 4.70. The highest BCUT2D eigenvalue weighted by atomic mass is 16.6. The van der Waals surface area contributed by atoms with Crippen LogP contribution < -0.4 is 0 Å². The molecule has 3 nitrogen and oxygen atoms in total. The van der Waals surface area contributed by atoms with Crippen molar-refractivity contribution in [2.45, 2.75) is 48.0 Å². The lowest BCUT2D eigenvalue weighted by Gasteiger charge is -2.45. The second kappa shape index (κ2) is 5.05. The smallest absolute Gasteiger partial charge is 0.258 e. The van der Waals surface area contributed by atoms with Crippen LogP contribution in [-0.4, -0.2) is 4.92 Å². The molecule has 0 amide bonds. The fraction of sp³-hybridized carbons (Fsp3) is 0.524. The second-order valence-electron chi connectivity index (χ2n) is 8.82. The zero-order valence-corrected chi connectivity index (χ0v) is 15.5. The van der Waals surface area contributed by atoms with E-state index >= 15 is 0 Å². The standard InChI is InChI=1S/C21H27NO2/c1-19(2)16-12-11-14(13-17(16)20(3,4)21(19,5)6)15-9-7-8-10-18(15)22(23)24/h7-12,17H,13H2,1-6H3. The number of rotatable bonds is 2. The molecule has 1 unspecified atom stereocenters. The molecule has 128 valence electrons. The molecule has 3 rings (SSSR count). The summed E-state index contributed by atoms with van der Waals surface area (Å²) >= 11 is 0. The first-order valence-corrected chi connectivity index (χ1v) is 8.67. The Labute approximate surface area is 144 Å². The minimum atomic E-state index is -0.275. The summed E-state index contributed by atoms with van der Waals surface area (Å²) in [5, 5.41) is 11.4. The minimum Gasteiger partial charge on any atom is -0.258 e. The molecular formula is C21H27NO2. The first-order valence-electron chi connectivity index (χ1n) is 8.67. The van der Waals surface area contributed by atoms with Gasteiger partial charge in [0.2, 0.25) is 0 Å². The summed E-state index contributed by atoms with van der Waals surface area (Å²) in [5.41, 5.74) is 3.93. The molecule has 2 aliphatic rings. The Kier molecular flexibility index (Phi) is 3.56. The van der Waals surface area contributed by atoms with Crippen molar-refractivity contribution in [1.29, 1.82) is 0 Å². The van der Waals surface area contributed by atoms with E-state index in [1.165, 1.54) is 5.57 Å². The number of hydrogen-bond donors (Lipinski definition) is 0. The van der Waals surface area contributed by atoms with Gasteiger partial charge in [-0.25, -0.2) is 0 Å². The SMILES string of the molecule is CC1(C)C2=CC=C(c3ccccc3[N+](=O)[O-])CC2C(C)(C)C1(C)C. The van der Waals surface area contributed by atoms with Crippen molar-refractivity contribution < 1.29 is 4.92 Å². The summed E-state index contributed by atoms with van der Waals surface area (Å²) in [6.45, 7) is 14.1. The molecule has 1 saturated carbocycles. The predicted molar refractivity (Wildman–Crippen MR) is 98.6 cm³/mol. The predicted octanol–water partition coefficient (Wildman–Crippen LogP) is 6.02. The molecule has 0 heterocycles. The molecule has 0 N–H and O–H groups in total. The van der Waals surface area contributed by atoms with Gasteiger partial charge in [-0.05, 0) is 40.2 Å². The summed E-state index contributed by atoms with van der Waals surface area (Å²) < 4.78 is 0. The highest BCUT2D eigenvalue weighted by Crippen LogP contribution is 2.69.